The van der Waals surface area contributed by atoms with Gasteiger partial charge in [-0.05, 0) is 47.6 Å². The van der Waals surface area contributed by atoms with Crippen molar-refractivity contribution >= 4 is 11.7 Å². The number of hydrogen-bond acceptors (Lipinski definition) is 2. The average Bonchev–Trinajstić information content (AvgIpc) is 3.34. The van der Waals surface area contributed by atoms with Crippen molar-refractivity contribution < 1.29 is 4.79 Å². The summed E-state index contributed by atoms with van der Waals surface area (Å²) in [7, 11) is 4.05. The van der Waals surface area contributed by atoms with Crippen molar-refractivity contribution in [2.75, 3.05) is 19.0 Å². The lowest BCUT2D eigenvalue weighted by Gasteiger charge is -2.30. The van der Waals surface area contributed by atoms with Crippen LogP contribution in [-0.2, 0) is 13.0 Å². The third kappa shape index (κ3) is 3.97. The van der Waals surface area contributed by atoms with Crippen molar-refractivity contribution in [2.45, 2.75) is 43.8 Å². The molecule has 1 aliphatic heterocycles. The summed E-state index contributed by atoms with van der Waals surface area (Å²) < 4.78 is 0. The first-order valence-corrected chi connectivity index (χ1v) is 11.6. The van der Waals surface area contributed by atoms with Gasteiger partial charge in [0.1, 0.15) is 0 Å². The van der Waals surface area contributed by atoms with E-state index >= 15 is 0 Å². The van der Waals surface area contributed by atoms with Gasteiger partial charge in [0.25, 0.3) is 0 Å². The molecule has 4 nitrogen and oxygen atoms in total. The normalized spacial score (nSPS) is 21.2. The highest BCUT2D eigenvalue weighted by molar-refractivity contribution is 5.75. The van der Waals surface area contributed by atoms with Crippen molar-refractivity contribution in [1.82, 2.24) is 10.2 Å². The molecular formula is C28H31N3O. The second kappa shape index (κ2) is 8.70. The summed E-state index contributed by atoms with van der Waals surface area (Å²) in [6, 6.07) is 28.2. The number of rotatable bonds is 5. The van der Waals surface area contributed by atoms with Crippen LogP contribution in [0.25, 0.3) is 0 Å². The van der Waals surface area contributed by atoms with Crippen LogP contribution in [0, 0.1) is 0 Å². The second-order valence-electron chi connectivity index (χ2n) is 9.24. The van der Waals surface area contributed by atoms with E-state index < -0.39 is 0 Å². The van der Waals surface area contributed by atoms with E-state index in [4.69, 9.17) is 0 Å². The number of nitrogens with zero attached hydrogens (tertiary/aromatic N) is 2. The number of nitrogens with one attached hydrogen (secondary N) is 1. The van der Waals surface area contributed by atoms with Gasteiger partial charge in [-0.25, -0.2) is 4.79 Å². The zero-order valence-electron chi connectivity index (χ0n) is 18.9. The van der Waals surface area contributed by atoms with Gasteiger partial charge >= 0.3 is 6.03 Å². The van der Waals surface area contributed by atoms with Gasteiger partial charge in [-0.3, -0.25) is 0 Å². The Morgan fingerprint density at radius 1 is 0.938 bits per heavy atom. The molecule has 5 rings (SSSR count). The highest BCUT2D eigenvalue weighted by Crippen LogP contribution is 2.48. The number of amides is 2. The van der Waals surface area contributed by atoms with Gasteiger partial charge < -0.3 is 15.1 Å². The zero-order chi connectivity index (χ0) is 22.1. The van der Waals surface area contributed by atoms with Gasteiger partial charge in [-0.2, -0.15) is 0 Å². The fourth-order valence-electron chi connectivity index (χ4n) is 5.54. The van der Waals surface area contributed by atoms with Crippen molar-refractivity contribution in [3.05, 3.63) is 101 Å². The van der Waals surface area contributed by atoms with Crippen LogP contribution in [0.1, 0.15) is 41.0 Å². The van der Waals surface area contributed by atoms with Crippen LogP contribution in [0.5, 0.6) is 0 Å². The molecule has 3 aromatic rings. The summed E-state index contributed by atoms with van der Waals surface area (Å²) in [5.41, 5.74) is 6.60. The Kier molecular flexibility index (Phi) is 5.60. The fourth-order valence-corrected chi connectivity index (χ4v) is 5.54. The van der Waals surface area contributed by atoms with E-state index in [2.05, 4.69) is 77.9 Å². The minimum Gasteiger partial charge on any atom is -0.369 e. The predicted octanol–water partition coefficient (Wildman–Crippen LogP) is 5.18. The number of benzene rings is 3. The van der Waals surface area contributed by atoms with Crippen molar-refractivity contribution in [3.8, 4) is 0 Å². The molecule has 0 aromatic heterocycles. The summed E-state index contributed by atoms with van der Waals surface area (Å²) in [5.74, 6) is 0.482. The van der Waals surface area contributed by atoms with Gasteiger partial charge in [0.15, 0.2) is 0 Å². The molecule has 2 aliphatic rings. The minimum atomic E-state index is 0.00799. The summed E-state index contributed by atoms with van der Waals surface area (Å²) >= 11 is 0. The van der Waals surface area contributed by atoms with E-state index in [0.717, 1.165) is 24.8 Å². The van der Waals surface area contributed by atoms with Crippen molar-refractivity contribution in [1.29, 1.82) is 0 Å². The van der Waals surface area contributed by atoms with E-state index in [-0.39, 0.29) is 12.1 Å². The maximum Gasteiger partial charge on any atom is 0.317 e. The van der Waals surface area contributed by atoms with Crippen LogP contribution in [0.2, 0.25) is 0 Å². The number of anilines is 1. The summed E-state index contributed by atoms with van der Waals surface area (Å²) in [6.45, 7) is 0.617. The van der Waals surface area contributed by atoms with E-state index in [0.29, 0.717) is 18.5 Å². The molecule has 1 fully saturated rings. The quantitative estimate of drug-likeness (QED) is 0.611. The maximum atomic E-state index is 12.9. The van der Waals surface area contributed by atoms with E-state index in [9.17, 15) is 4.79 Å². The molecule has 1 saturated carbocycles. The highest BCUT2D eigenvalue weighted by Gasteiger charge is 2.46. The Morgan fingerprint density at radius 3 is 2.34 bits per heavy atom. The third-order valence-corrected chi connectivity index (χ3v) is 7.10. The van der Waals surface area contributed by atoms with Gasteiger partial charge in [0, 0.05) is 32.2 Å². The Labute approximate surface area is 190 Å². The second-order valence-corrected chi connectivity index (χ2v) is 9.24. The third-order valence-electron chi connectivity index (χ3n) is 7.10. The van der Waals surface area contributed by atoms with E-state index in [1.165, 1.54) is 22.4 Å². The molecular weight excluding hydrogens is 394 g/mol. The van der Waals surface area contributed by atoms with Crippen LogP contribution < -0.4 is 10.2 Å². The molecule has 1 aliphatic carbocycles. The minimum absolute atomic E-state index is 0.00799. The largest absolute Gasteiger partial charge is 0.369 e. The number of carbonyl (C=O) groups excluding carboxylic acids is 1. The molecule has 0 spiro atoms. The van der Waals surface area contributed by atoms with E-state index in [1.807, 2.05) is 25.2 Å². The highest BCUT2D eigenvalue weighted by atomic mass is 16.2. The number of fused-ring (bicyclic) bond motifs is 3. The Morgan fingerprint density at radius 2 is 1.62 bits per heavy atom. The molecule has 1 N–H and O–H groups in total. The molecule has 3 unspecified atom stereocenters. The van der Waals surface area contributed by atoms with Crippen LogP contribution in [-0.4, -0.2) is 37.1 Å². The van der Waals surface area contributed by atoms with Gasteiger partial charge in [0.05, 0.1) is 12.1 Å². The Balaban J connectivity index is 1.27. The van der Waals surface area contributed by atoms with Crippen LogP contribution in [0.15, 0.2) is 78.9 Å². The molecule has 3 aromatic carbocycles. The first kappa shape index (κ1) is 20.6. The van der Waals surface area contributed by atoms with Crippen LogP contribution >= 0.6 is 0 Å². The Hall–Kier alpha value is -3.27. The number of carbonyl (C=O) groups is 1. The molecule has 0 saturated heterocycles. The fraction of sp³-hybridized carbons (Fsp3) is 0.321. The van der Waals surface area contributed by atoms with Crippen LogP contribution in [0.3, 0.4) is 0 Å². The van der Waals surface area contributed by atoms with Crippen LogP contribution in [0.4, 0.5) is 10.5 Å². The number of likely N-dealkylation sites (N-methyl/N-ethyl adjacent to an activating group) is 1. The molecule has 32 heavy (non-hydrogen) atoms. The predicted molar refractivity (Wildman–Crippen MR) is 130 cm³/mol. The first-order valence-electron chi connectivity index (χ1n) is 11.6. The summed E-state index contributed by atoms with van der Waals surface area (Å²) in [5, 5.41) is 3.34. The SMILES string of the molecule is CN(Cc1ccccc1)C(=O)NC1CCC2c3cc(Cc4ccccc4)ccc3N(C)C12. The molecule has 0 bridgehead atoms. The molecule has 0 radical (unpaired) electrons. The first-order chi connectivity index (χ1) is 15.6. The maximum absolute atomic E-state index is 12.9. The van der Waals surface area contributed by atoms with Gasteiger partial charge in [0.2, 0.25) is 0 Å². The van der Waals surface area contributed by atoms with Gasteiger partial charge in [-0.1, -0.05) is 72.8 Å². The average molecular weight is 426 g/mol. The standard InChI is InChI=1S/C28H31N3O/c1-30(19-21-11-7-4-8-12-21)28(32)29-25-15-14-23-24-18-22(17-20-9-5-3-6-10-20)13-16-26(24)31(2)27(23)25/h3-13,16,18,23,25,27H,14-15,17,19H2,1-2H3,(H,29,32). The van der Waals surface area contributed by atoms with Crippen molar-refractivity contribution in [2.24, 2.45) is 0 Å². The lowest BCUT2D eigenvalue weighted by molar-refractivity contribution is 0.201. The molecule has 3 atom stereocenters. The molecule has 2 amide bonds. The lowest BCUT2D eigenvalue weighted by atomic mass is 9.94. The smallest absolute Gasteiger partial charge is 0.317 e. The van der Waals surface area contributed by atoms with Crippen molar-refractivity contribution in [3.63, 3.8) is 0 Å². The zero-order valence-corrected chi connectivity index (χ0v) is 18.9. The Bertz CT molecular complexity index is 1080. The summed E-state index contributed by atoms with van der Waals surface area (Å²) in [6.07, 6.45) is 3.09. The molecule has 4 heteroatoms. The van der Waals surface area contributed by atoms with Gasteiger partial charge in [-0.15, -0.1) is 0 Å². The monoisotopic (exact) mass is 425 g/mol. The topological polar surface area (TPSA) is 35.6 Å². The molecule has 1 heterocycles. The molecule has 164 valence electrons. The van der Waals surface area contributed by atoms with E-state index in [1.54, 1.807) is 4.90 Å². The summed E-state index contributed by atoms with van der Waals surface area (Å²) in [4.78, 5) is 17.1. The number of hydrogen-bond donors (Lipinski definition) is 1. The number of urea groups is 1. The lowest BCUT2D eigenvalue weighted by Crippen LogP contribution is -2.50.